The predicted molar refractivity (Wildman–Crippen MR) is 134 cm³/mol. The zero-order valence-electron chi connectivity index (χ0n) is 22.0. The third-order valence-electron chi connectivity index (χ3n) is 8.00. The number of fused-ring (bicyclic) bond motifs is 3. The second-order valence-electron chi connectivity index (χ2n) is 12.3. The van der Waals surface area contributed by atoms with E-state index in [1.807, 2.05) is 0 Å². The van der Waals surface area contributed by atoms with E-state index in [4.69, 9.17) is 0 Å². The molecular formula is C31H38Cl2Zr. The van der Waals surface area contributed by atoms with Crippen molar-refractivity contribution in [3.05, 3.63) is 80.9 Å². The van der Waals surface area contributed by atoms with E-state index in [1.165, 1.54) is 52.6 Å². The van der Waals surface area contributed by atoms with E-state index in [0.717, 1.165) is 0 Å². The minimum Gasteiger partial charge on any atom is -1.00 e. The van der Waals surface area contributed by atoms with E-state index in [1.54, 1.807) is 22.3 Å². The summed E-state index contributed by atoms with van der Waals surface area (Å²) in [5, 5.41) is 0. The molecule has 0 saturated heterocycles. The Balaban J connectivity index is 0.00000136. The first-order valence-electron chi connectivity index (χ1n) is 12.2. The van der Waals surface area contributed by atoms with Crippen LogP contribution < -0.4 is 24.8 Å². The Kier molecular flexibility index (Phi) is 8.74. The average molecular weight is 573 g/mol. The summed E-state index contributed by atoms with van der Waals surface area (Å²) in [6, 6.07) is 10.2. The first-order valence-corrected chi connectivity index (χ1v) is 12.2. The molecule has 0 radical (unpaired) electrons. The maximum atomic E-state index is 2.55. The second-order valence-corrected chi connectivity index (χ2v) is 12.3. The van der Waals surface area contributed by atoms with Crippen molar-refractivity contribution in [2.75, 3.05) is 0 Å². The Bertz CT molecular complexity index is 1090. The first-order chi connectivity index (χ1) is 14.5. The number of hydrogen-bond donors (Lipinski definition) is 0. The van der Waals surface area contributed by atoms with Gasteiger partial charge in [0, 0.05) is 5.92 Å². The van der Waals surface area contributed by atoms with E-state index in [0.29, 0.717) is 11.8 Å². The molecule has 1 unspecified atom stereocenters. The SMILES string of the molecule is Cc1cc2c(cc1C(C)(C)C)-c1cc(C(C)(C)C)c(C)cc1C2C1CCC2=C1C=CC2.[Cl-].[Cl-].[Zr+2]. The van der Waals surface area contributed by atoms with Gasteiger partial charge in [-0.2, -0.15) is 0 Å². The fourth-order valence-corrected chi connectivity index (χ4v) is 6.69. The van der Waals surface area contributed by atoms with Crippen LogP contribution in [0.5, 0.6) is 0 Å². The van der Waals surface area contributed by atoms with Gasteiger partial charge in [0.2, 0.25) is 0 Å². The van der Waals surface area contributed by atoms with Crippen LogP contribution in [0, 0.1) is 19.8 Å². The molecule has 2 aromatic rings. The van der Waals surface area contributed by atoms with Gasteiger partial charge in [0.1, 0.15) is 0 Å². The normalized spacial score (nSPS) is 18.6. The van der Waals surface area contributed by atoms with Crippen molar-refractivity contribution in [2.24, 2.45) is 5.92 Å². The van der Waals surface area contributed by atoms with Crippen molar-refractivity contribution < 1.29 is 51.0 Å². The summed E-state index contributed by atoms with van der Waals surface area (Å²) in [5.41, 5.74) is 15.7. The van der Waals surface area contributed by atoms with Gasteiger partial charge in [-0.15, -0.1) is 0 Å². The van der Waals surface area contributed by atoms with Gasteiger partial charge >= 0.3 is 26.2 Å². The average Bonchev–Trinajstić information content (AvgIpc) is 3.31. The quantitative estimate of drug-likeness (QED) is 0.493. The summed E-state index contributed by atoms with van der Waals surface area (Å²) in [7, 11) is 0. The van der Waals surface area contributed by atoms with Gasteiger partial charge in [0.05, 0.1) is 0 Å². The van der Waals surface area contributed by atoms with E-state index in [9.17, 15) is 0 Å². The number of rotatable bonds is 1. The summed E-state index contributed by atoms with van der Waals surface area (Å²) >= 11 is 0. The van der Waals surface area contributed by atoms with E-state index in [-0.39, 0.29) is 61.8 Å². The topological polar surface area (TPSA) is 0 Å². The minimum atomic E-state index is 0. The molecule has 0 saturated carbocycles. The molecular weight excluding hydrogens is 534 g/mol. The molecule has 0 amide bonds. The molecule has 0 aliphatic heterocycles. The Morgan fingerprint density at radius 2 is 1.21 bits per heavy atom. The molecule has 34 heavy (non-hydrogen) atoms. The molecule has 180 valence electrons. The van der Waals surface area contributed by atoms with Crippen LogP contribution in [0.3, 0.4) is 0 Å². The van der Waals surface area contributed by atoms with Crippen LogP contribution >= 0.6 is 0 Å². The number of allylic oxidation sites excluding steroid dienone is 4. The molecule has 3 heteroatoms. The van der Waals surface area contributed by atoms with Gasteiger partial charge in [0.25, 0.3) is 0 Å². The maximum Gasteiger partial charge on any atom is 2.00 e. The second kappa shape index (κ2) is 10.0. The monoisotopic (exact) mass is 570 g/mol. The Morgan fingerprint density at radius 3 is 1.65 bits per heavy atom. The number of aryl methyl sites for hydroxylation is 2. The summed E-state index contributed by atoms with van der Waals surface area (Å²) < 4.78 is 0. The fourth-order valence-electron chi connectivity index (χ4n) is 6.69. The van der Waals surface area contributed by atoms with Gasteiger partial charge in [-0.25, -0.2) is 0 Å². The van der Waals surface area contributed by atoms with Gasteiger partial charge in [-0.1, -0.05) is 83.5 Å². The smallest absolute Gasteiger partial charge is 1.00 e. The fraction of sp³-hybridized carbons (Fsp3) is 0.484. The Labute approximate surface area is 239 Å². The maximum absolute atomic E-state index is 2.55. The molecule has 0 fully saturated rings. The standard InChI is InChI=1S/C31H38.2ClH.Zr/c1-18-14-25-23(16-27(18)30(3,4)5)24-17-28(31(6,7)8)19(2)15-26(24)29(25)22-13-12-20-10-9-11-21(20)22;;;/h9,11,14-17,22,29H,10,12-13H2,1-8H3;2*1H;/q;;;+2/p-2. The molecule has 0 spiro atoms. The molecule has 3 aliphatic rings. The summed E-state index contributed by atoms with van der Waals surface area (Å²) in [6.07, 6.45) is 8.60. The van der Waals surface area contributed by atoms with Gasteiger partial charge in [-0.3, -0.25) is 0 Å². The molecule has 3 aliphatic carbocycles. The van der Waals surface area contributed by atoms with E-state index < -0.39 is 0 Å². The molecule has 5 rings (SSSR count). The van der Waals surface area contributed by atoms with Gasteiger partial charge in [-0.05, 0) is 99.9 Å². The van der Waals surface area contributed by atoms with Crippen LogP contribution in [0.15, 0.2) is 47.6 Å². The van der Waals surface area contributed by atoms with Crippen LogP contribution in [0.4, 0.5) is 0 Å². The zero-order chi connectivity index (χ0) is 22.3. The van der Waals surface area contributed by atoms with Crippen molar-refractivity contribution in [2.45, 2.75) is 91.4 Å². The predicted octanol–water partition coefficient (Wildman–Crippen LogP) is 2.68. The van der Waals surface area contributed by atoms with E-state index >= 15 is 0 Å². The van der Waals surface area contributed by atoms with Crippen molar-refractivity contribution in [3.63, 3.8) is 0 Å². The van der Waals surface area contributed by atoms with Crippen molar-refractivity contribution in [3.8, 4) is 11.1 Å². The molecule has 0 nitrogen and oxygen atoms in total. The number of benzene rings is 2. The summed E-state index contributed by atoms with van der Waals surface area (Å²) in [6.45, 7) is 18.7. The summed E-state index contributed by atoms with van der Waals surface area (Å²) in [5.74, 6) is 1.13. The Morgan fingerprint density at radius 1 is 0.735 bits per heavy atom. The molecule has 0 aromatic heterocycles. The van der Waals surface area contributed by atoms with Crippen LogP contribution in [-0.2, 0) is 37.0 Å². The summed E-state index contributed by atoms with van der Waals surface area (Å²) in [4.78, 5) is 0. The Hall–Kier alpha value is -0.617. The molecule has 1 atom stereocenters. The molecule has 0 heterocycles. The van der Waals surface area contributed by atoms with Crippen LogP contribution in [0.2, 0.25) is 0 Å². The van der Waals surface area contributed by atoms with Crippen molar-refractivity contribution in [1.82, 2.24) is 0 Å². The third kappa shape index (κ3) is 4.72. The van der Waals surface area contributed by atoms with Crippen molar-refractivity contribution in [1.29, 1.82) is 0 Å². The third-order valence-corrected chi connectivity index (χ3v) is 8.00. The number of hydrogen-bond acceptors (Lipinski definition) is 0. The van der Waals surface area contributed by atoms with Gasteiger partial charge < -0.3 is 24.8 Å². The molecule has 2 aromatic carbocycles. The van der Waals surface area contributed by atoms with Crippen LogP contribution in [0.25, 0.3) is 11.1 Å². The number of halogens is 2. The van der Waals surface area contributed by atoms with E-state index in [2.05, 4.69) is 91.8 Å². The van der Waals surface area contributed by atoms with Gasteiger partial charge in [0.15, 0.2) is 0 Å². The molecule has 0 N–H and O–H groups in total. The molecule has 0 bridgehead atoms. The van der Waals surface area contributed by atoms with Crippen LogP contribution in [-0.4, -0.2) is 0 Å². The van der Waals surface area contributed by atoms with Crippen LogP contribution in [0.1, 0.15) is 100 Å². The zero-order valence-corrected chi connectivity index (χ0v) is 26.0. The largest absolute Gasteiger partial charge is 2.00 e. The van der Waals surface area contributed by atoms with Crippen molar-refractivity contribution >= 4 is 0 Å². The minimum absolute atomic E-state index is 0. The first kappa shape index (κ1) is 29.6.